The summed E-state index contributed by atoms with van der Waals surface area (Å²) in [5, 5.41) is 0. The summed E-state index contributed by atoms with van der Waals surface area (Å²) in [6, 6.07) is 2.12. The van der Waals surface area contributed by atoms with Crippen molar-refractivity contribution in [2.24, 2.45) is 17.6 Å². The molecule has 0 heterocycles. The van der Waals surface area contributed by atoms with Crippen molar-refractivity contribution in [2.45, 2.75) is 44.3 Å². The predicted octanol–water partition coefficient (Wildman–Crippen LogP) is 4.20. The fourth-order valence-corrected chi connectivity index (χ4v) is 3.18. The maximum atomic E-state index is 13.6. The number of rotatable bonds is 3. The lowest BCUT2D eigenvalue weighted by atomic mass is 9.73. The Morgan fingerprint density at radius 3 is 2.48 bits per heavy atom. The van der Waals surface area contributed by atoms with Gasteiger partial charge in [0.2, 0.25) is 0 Å². The van der Waals surface area contributed by atoms with Crippen LogP contribution in [0.4, 0.5) is 22.0 Å². The zero-order chi connectivity index (χ0) is 15.6. The first-order chi connectivity index (χ1) is 9.79. The largest absolute Gasteiger partial charge is 0.392 e. The summed E-state index contributed by atoms with van der Waals surface area (Å²) < 4.78 is 65.8. The fraction of sp³-hybridized carbons (Fsp3) is 0.600. The SMILES string of the molecule is NC(Cc1cc(F)ccc1F)C1CCCCC1C(F)(F)F. The number of hydrogen-bond acceptors (Lipinski definition) is 1. The lowest BCUT2D eigenvalue weighted by Crippen LogP contribution is -2.44. The monoisotopic (exact) mass is 307 g/mol. The quantitative estimate of drug-likeness (QED) is 0.832. The molecule has 1 aliphatic rings. The van der Waals surface area contributed by atoms with E-state index in [0.717, 1.165) is 18.2 Å². The van der Waals surface area contributed by atoms with Crippen LogP contribution < -0.4 is 5.73 Å². The third-order valence-electron chi connectivity index (χ3n) is 4.25. The van der Waals surface area contributed by atoms with Gasteiger partial charge in [-0.3, -0.25) is 0 Å². The van der Waals surface area contributed by atoms with Crippen molar-refractivity contribution in [1.29, 1.82) is 0 Å². The van der Waals surface area contributed by atoms with Gasteiger partial charge in [0.15, 0.2) is 0 Å². The Labute approximate surface area is 120 Å². The summed E-state index contributed by atoms with van der Waals surface area (Å²) in [6.45, 7) is 0. The normalized spacial score (nSPS) is 24.9. The molecule has 2 N–H and O–H groups in total. The minimum absolute atomic E-state index is 0.0361. The Bertz CT molecular complexity index is 485. The Morgan fingerprint density at radius 2 is 1.81 bits per heavy atom. The van der Waals surface area contributed by atoms with Crippen LogP contribution in [-0.2, 0) is 6.42 Å². The summed E-state index contributed by atoms with van der Waals surface area (Å²) in [5.41, 5.74) is 5.93. The summed E-state index contributed by atoms with van der Waals surface area (Å²) in [4.78, 5) is 0. The topological polar surface area (TPSA) is 26.0 Å². The molecular formula is C15H18F5N. The van der Waals surface area contributed by atoms with Crippen LogP contribution in [0.15, 0.2) is 18.2 Å². The van der Waals surface area contributed by atoms with Gasteiger partial charge in [-0.1, -0.05) is 12.8 Å². The highest BCUT2D eigenvalue weighted by molar-refractivity contribution is 5.20. The van der Waals surface area contributed by atoms with Gasteiger partial charge in [0.25, 0.3) is 0 Å². The zero-order valence-corrected chi connectivity index (χ0v) is 11.5. The molecule has 1 aromatic rings. The molecule has 1 aliphatic carbocycles. The summed E-state index contributed by atoms with van der Waals surface area (Å²) in [5.74, 6) is -3.43. The van der Waals surface area contributed by atoms with Crippen LogP contribution in [0.3, 0.4) is 0 Å². The molecule has 3 unspecified atom stereocenters. The highest BCUT2D eigenvalue weighted by Crippen LogP contribution is 2.43. The Hall–Kier alpha value is -1.17. The molecule has 118 valence electrons. The highest BCUT2D eigenvalue weighted by atomic mass is 19.4. The molecule has 1 aromatic carbocycles. The number of hydrogen-bond donors (Lipinski definition) is 1. The predicted molar refractivity (Wildman–Crippen MR) is 69.5 cm³/mol. The van der Waals surface area contributed by atoms with Crippen LogP contribution in [0.2, 0.25) is 0 Å². The van der Waals surface area contributed by atoms with Gasteiger partial charge in [-0.05, 0) is 48.9 Å². The second kappa shape index (κ2) is 6.30. The molecule has 21 heavy (non-hydrogen) atoms. The van der Waals surface area contributed by atoms with Gasteiger partial charge in [0, 0.05) is 6.04 Å². The van der Waals surface area contributed by atoms with Gasteiger partial charge >= 0.3 is 6.18 Å². The van der Waals surface area contributed by atoms with E-state index in [9.17, 15) is 22.0 Å². The van der Waals surface area contributed by atoms with Gasteiger partial charge in [-0.15, -0.1) is 0 Å². The van der Waals surface area contributed by atoms with Crippen LogP contribution in [0.1, 0.15) is 31.2 Å². The summed E-state index contributed by atoms with van der Waals surface area (Å²) in [6.07, 6.45) is -2.71. The number of benzene rings is 1. The number of alkyl halides is 3. The van der Waals surface area contributed by atoms with Gasteiger partial charge in [-0.25, -0.2) is 8.78 Å². The molecule has 1 fully saturated rings. The number of nitrogens with two attached hydrogens (primary N) is 1. The van der Waals surface area contributed by atoms with E-state index in [0.29, 0.717) is 19.3 Å². The highest BCUT2D eigenvalue weighted by Gasteiger charge is 2.47. The Kier molecular flexibility index (Phi) is 4.86. The van der Waals surface area contributed by atoms with Crippen molar-refractivity contribution in [1.82, 2.24) is 0 Å². The third kappa shape index (κ3) is 3.93. The zero-order valence-electron chi connectivity index (χ0n) is 11.5. The maximum absolute atomic E-state index is 13.6. The first-order valence-electron chi connectivity index (χ1n) is 7.05. The summed E-state index contributed by atoms with van der Waals surface area (Å²) >= 11 is 0. The molecule has 1 nitrogen and oxygen atoms in total. The van der Waals surface area contributed by atoms with Gasteiger partial charge in [-0.2, -0.15) is 13.2 Å². The van der Waals surface area contributed by atoms with E-state index >= 15 is 0 Å². The minimum atomic E-state index is -4.29. The van der Waals surface area contributed by atoms with Gasteiger partial charge < -0.3 is 5.73 Å². The van der Waals surface area contributed by atoms with E-state index in [4.69, 9.17) is 5.73 Å². The molecular weight excluding hydrogens is 289 g/mol. The van der Waals surface area contributed by atoms with Crippen LogP contribution in [0.5, 0.6) is 0 Å². The molecule has 0 amide bonds. The van der Waals surface area contributed by atoms with Crippen LogP contribution in [-0.4, -0.2) is 12.2 Å². The van der Waals surface area contributed by atoms with Crippen LogP contribution in [0.25, 0.3) is 0 Å². The molecule has 2 rings (SSSR count). The van der Waals surface area contributed by atoms with E-state index in [1.807, 2.05) is 0 Å². The molecule has 1 saturated carbocycles. The summed E-state index contributed by atoms with van der Waals surface area (Å²) in [7, 11) is 0. The molecule has 6 heteroatoms. The van der Waals surface area contributed by atoms with Crippen molar-refractivity contribution in [3.8, 4) is 0 Å². The van der Waals surface area contributed by atoms with E-state index in [2.05, 4.69) is 0 Å². The lowest BCUT2D eigenvalue weighted by Gasteiger charge is -2.36. The van der Waals surface area contributed by atoms with Crippen LogP contribution in [0, 0.1) is 23.5 Å². The third-order valence-corrected chi connectivity index (χ3v) is 4.25. The van der Waals surface area contributed by atoms with E-state index in [1.54, 1.807) is 0 Å². The molecule has 0 spiro atoms. The van der Waals surface area contributed by atoms with E-state index < -0.39 is 35.7 Å². The van der Waals surface area contributed by atoms with Gasteiger partial charge in [0.05, 0.1) is 5.92 Å². The first kappa shape index (κ1) is 16.2. The van der Waals surface area contributed by atoms with E-state index in [-0.39, 0.29) is 18.4 Å². The Balaban J connectivity index is 2.14. The second-order valence-electron chi connectivity index (χ2n) is 5.70. The molecule has 0 radical (unpaired) electrons. The van der Waals surface area contributed by atoms with Crippen molar-refractivity contribution in [3.05, 3.63) is 35.4 Å². The standard InChI is InChI=1S/C15H18F5N/c16-10-5-6-13(17)9(7-10)8-14(21)11-3-1-2-4-12(11)15(18,19)20/h5-7,11-12,14H,1-4,8,21H2. The average Bonchev–Trinajstić information content (AvgIpc) is 2.42. The second-order valence-corrected chi connectivity index (χ2v) is 5.70. The van der Waals surface area contributed by atoms with Crippen LogP contribution >= 0.6 is 0 Å². The van der Waals surface area contributed by atoms with Crippen molar-refractivity contribution < 1.29 is 22.0 Å². The van der Waals surface area contributed by atoms with Crippen molar-refractivity contribution in [2.75, 3.05) is 0 Å². The lowest BCUT2D eigenvalue weighted by molar-refractivity contribution is -0.198. The number of halogens is 5. The molecule has 0 aliphatic heterocycles. The smallest absolute Gasteiger partial charge is 0.327 e. The minimum Gasteiger partial charge on any atom is -0.327 e. The Morgan fingerprint density at radius 1 is 1.14 bits per heavy atom. The maximum Gasteiger partial charge on any atom is 0.392 e. The molecule has 0 saturated heterocycles. The molecule has 0 bridgehead atoms. The van der Waals surface area contributed by atoms with Gasteiger partial charge in [0.1, 0.15) is 11.6 Å². The van der Waals surface area contributed by atoms with Crippen molar-refractivity contribution >= 4 is 0 Å². The average molecular weight is 307 g/mol. The molecule has 0 aromatic heterocycles. The molecule has 3 atom stereocenters. The van der Waals surface area contributed by atoms with Crippen molar-refractivity contribution in [3.63, 3.8) is 0 Å². The fourth-order valence-electron chi connectivity index (χ4n) is 3.18. The first-order valence-corrected chi connectivity index (χ1v) is 7.05. The van der Waals surface area contributed by atoms with E-state index in [1.165, 1.54) is 0 Å².